The monoisotopic (exact) mass is 290 g/mol. The number of anilines is 1. The zero-order valence-electron chi connectivity index (χ0n) is 12.3. The lowest BCUT2D eigenvalue weighted by Crippen LogP contribution is -2.45. The van der Waals surface area contributed by atoms with E-state index in [9.17, 15) is 14.7 Å². The van der Waals surface area contributed by atoms with Crippen molar-refractivity contribution in [2.24, 2.45) is 0 Å². The molecule has 0 unspecified atom stereocenters. The smallest absolute Gasteiger partial charge is 0.326 e. The normalized spacial score (nSPS) is 17.0. The van der Waals surface area contributed by atoms with Crippen LogP contribution in [0.2, 0.25) is 0 Å². The van der Waals surface area contributed by atoms with E-state index in [1.807, 2.05) is 19.1 Å². The van der Waals surface area contributed by atoms with E-state index in [1.54, 1.807) is 12.1 Å². The molecule has 114 valence electrons. The van der Waals surface area contributed by atoms with Crippen LogP contribution >= 0.6 is 0 Å². The van der Waals surface area contributed by atoms with Crippen molar-refractivity contribution in [3.05, 3.63) is 29.8 Å². The molecule has 0 radical (unpaired) electrons. The summed E-state index contributed by atoms with van der Waals surface area (Å²) < 4.78 is 0. The lowest BCUT2D eigenvalue weighted by molar-refractivity contribution is -0.142. The van der Waals surface area contributed by atoms with Gasteiger partial charge in [-0.15, -0.1) is 0 Å². The van der Waals surface area contributed by atoms with Gasteiger partial charge in [-0.2, -0.15) is 0 Å². The summed E-state index contributed by atoms with van der Waals surface area (Å²) in [6.07, 6.45) is 3.66. The van der Waals surface area contributed by atoms with Gasteiger partial charge < -0.3 is 16.2 Å². The molecule has 0 aromatic heterocycles. The molecule has 21 heavy (non-hydrogen) atoms. The minimum absolute atomic E-state index is 0.184. The molecule has 1 aromatic rings. The summed E-state index contributed by atoms with van der Waals surface area (Å²) in [5, 5.41) is 11.9. The van der Waals surface area contributed by atoms with Crippen LogP contribution < -0.4 is 11.1 Å². The lowest BCUT2D eigenvalue weighted by atomic mass is 9.94. The highest BCUT2D eigenvalue weighted by molar-refractivity contribution is 5.94. The first-order valence-corrected chi connectivity index (χ1v) is 7.39. The quantitative estimate of drug-likeness (QED) is 0.670. The average Bonchev–Trinajstić information content (AvgIpc) is 3.25. The Morgan fingerprint density at radius 2 is 1.95 bits per heavy atom. The number of hydrogen-bond acceptors (Lipinski definition) is 3. The molecule has 0 saturated heterocycles. The van der Waals surface area contributed by atoms with Gasteiger partial charge in [0.15, 0.2) is 0 Å². The van der Waals surface area contributed by atoms with E-state index in [0.29, 0.717) is 12.1 Å². The Kier molecular flexibility index (Phi) is 4.50. The van der Waals surface area contributed by atoms with E-state index in [-0.39, 0.29) is 5.91 Å². The highest BCUT2D eigenvalue weighted by Gasteiger charge is 2.51. The highest BCUT2D eigenvalue weighted by Crippen LogP contribution is 2.48. The van der Waals surface area contributed by atoms with Gasteiger partial charge in [-0.1, -0.05) is 31.9 Å². The number of carbonyl (C=O) groups excluding carboxylic acids is 1. The molecule has 1 saturated carbocycles. The van der Waals surface area contributed by atoms with Crippen LogP contribution in [-0.2, 0) is 15.0 Å². The summed E-state index contributed by atoms with van der Waals surface area (Å²) in [7, 11) is 0. The molecule has 1 aliphatic rings. The first-order chi connectivity index (χ1) is 9.99. The minimum Gasteiger partial charge on any atom is -0.480 e. The molecule has 1 aliphatic carbocycles. The van der Waals surface area contributed by atoms with Gasteiger partial charge in [0.1, 0.15) is 6.04 Å². The Hall–Kier alpha value is -2.04. The number of benzene rings is 1. The molecule has 1 fully saturated rings. The van der Waals surface area contributed by atoms with Gasteiger partial charge in [0.2, 0.25) is 5.91 Å². The fourth-order valence-corrected chi connectivity index (χ4v) is 2.54. The number of nitrogens with one attached hydrogen (secondary N) is 1. The molecule has 1 amide bonds. The van der Waals surface area contributed by atoms with Crippen molar-refractivity contribution in [1.82, 2.24) is 5.32 Å². The van der Waals surface area contributed by atoms with E-state index in [4.69, 9.17) is 5.73 Å². The number of rotatable bonds is 7. The summed E-state index contributed by atoms with van der Waals surface area (Å²) >= 11 is 0. The van der Waals surface area contributed by atoms with Crippen LogP contribution in [0.1, 0.15) is 44.6 Å². The molecule has 1 atom stereocenters. The molecular weight excluding hydrogens is 268 g/mol. The lowest BCUT2D eigenvalue weighted by Gasteiger charge is -2.20. The molecule has 0 aliphatic heterocycles. The number of carboxylic acid groups (broad SMARTS) is 1. The van der Waals surface area contributed by atoms with Crippen LogP contribution in [-0.4, -0.2) is 23.0 Å². The minimum atomic E-state index is -0.968. The Morgan fingerprint density at radius 3 is 2.43 bits per heavy atom. The Balaban J connectivity index is 2.08. The topological polar surface area (TPSA) is 92.4 Å². The first-order valence-electron chi connectivity index (χ1n) is 7.39. The summed E-state index contributed by atoms with van der Waals surface area (Å²) in [5.41, 5.74) is 6.67. The summed E-state index contributed by atoms with van der Waals surface area (Å²) in [4.78, 5) is 23.7. The number of aliphatic carboxylic acids is 1. The predicted octanol–water partition coefficient (Wildman–Crippen LogP) is 2.06. The van der Waals surface area contributed by atoms with E-state index in [2.05, 4.69) is 5.32 Å². The number of amides is 1. The SMILES string of the molecule is CCCC[C@H](NC(=O)C1(c2ccc(N)cc2)CC1)C(=O)O. The molecule has 0 spiro atoms. The van der Waals surface area contributed by atoms with E-state index in [0.717, 1.165) is 31.2 Å². The van der Waals surface area contributed by atoms with Crippen molar-refractivity contribution in [1.29, 1.82) is 0 Å². The molecular formula is C16H22N2O3. The fourth-order valence-electron chi connectivity index (χ4n) is 2.54. The second kappa shape index (κ2) is 6.16. The van der Waals surface area contributed by atoms with E-state index >= 15 is 0 Å². The van der Waals surface area contributed by atoms with Gasteiger partial charge in [-0.25, -0.2) is 4.79 Å². The molecule has 2 rings (SSSR count). The molecule has 0 bridgehead atoms. The summed E-state index contributed by atoms with van der Waals surface area (Å²) in [6, 6.07) is 6.44. The van der Waals surface area contributed by atoms with Crippen molar-refractivity contribution in [2.45, 2.75) is 50.5 Å². The Labute approximate surface area is 124 Å². The maximum absolute atomic E-state index is 12.5. The second-order valence-electron chi connectivity index (χ2n) is 5.71. The van der Waals surface area contributed by atoms with Crippen LogP contribution in [0.4, 0.5) is 5.69 Å². The molecule has 1 aromatic carbocycles. The van der Waals surface area contributed by atoms with Gasteiger partial charge in [-0.05, 0) is 37.0 Å². The first kappa shape index (κ1) is 15.4. The molecule has 0 heterocycles. The summed E-state index contributed by atoms with van der Waals surface area (Å²) in [6.45, 7) is 2.00. The average molecular weight is 290 g/mol. The molecule has 4 N–H and O–H groups in total. The largest absolute Gasteiger partial charge is 0.480 e. The zero-order valence-corrected chi connectivity index (χ0v) is 12.3. The van der Waals surface area contributed by atoms with Gasteiger partial charge >= 0.3 is 5.97 Å². The predicted molar refractivity (Wildman–Crippen MR) is 80.9 cm³/mol. The summed E-state index contributed by atoms with van der Waals surface area (Å²) in [5.74, 6) is -1.15. The van der Waals surface area contributed by atoms with Gasteiger partial charge in [0.05, 0.1) is 5.41 Å². The third kappa shape index (κ3) is 3.35. The third-order valence-corrected chi connectivity index (χ3v) is 4.10. The Bertz CT molecular complexity index is 521. The second-order valence-corrected chi connectivity index (χ2v) is 5.71. The van der Waals surface area contributed by atoms with E-state index in [1.165, 1.54) is 0 Å². The number of nitrogens with two attached hydrogens (primary N) is 1. The van der Waals surface area contributed by atoms with Crippen LogP contribution in [0.5, 0.6) is 0 Å². The van der Waals surface area contributed by atoms with Crippen LogP contribution in [0.15, 0.2) is 24.3 Å². The fraction of sp³-hybridized carbons (Fsp3) is 0.500. The maximum Gasteiger partial charge on any atom is 0.326 e. The molecule has 5 heteroatoms. The maximum atomic E-state index is 12.5. The standard InChI is InChI=1S/C16H22N2O3/c1-2-3-4-13(14(19)20)18-15(21)16(9-10-16)11-5-7-12(17)8-6-11/h5-8,13H,2-4,9-10,17H2,1H3,(H,18,21)(H,19,20)/t13-/m0/s1. The number of unbranched alkanes of at least 4 members (excludes halogenated alkanes) is 1. The number of hydrogen-bond donors (Lipinski definition) is 3. The number of nitrogen functional groups attached to an aromatic ring is 1. The molecule has 5 nitrogen and oxygen atoms in total. The van der Waals surface area contributed by atoms with Gasteiger partial charge in [0.25, 0.3) is 0 Å². The van der Waals surface area contributed by atoms with Crippen molar-refractivity contribution in [3.63, 3.8) is 0 Å². The zero-order chi connectivity index (χ0) is 15.5. The number of carboxylic acids is 1. The van der Waals surface area contributed by atoms with Crippen LogP contribution in [0.3, 0.4) is 0 Å². The van der Waals surface area contributed by atoms with Crippen molar-refractivity contribution in [2.75, 3.05) is 5.73 Å². The van der Waals surface area contributed by atoms with Crippen molar-refractivity contribution >= 4 is 17.6 Å². The van der Waals surface area contributed by atoms with Gasteiger partial charge in [0, 0.05) is 5.69 Å². The Morgan fingerprint density at radius 1 is 1.33 bits per heavy atom. The van der Waals surface area contributed by atoms with Gasteiger partial charge in [-0.3, -0.25) is 4.79 Å². The third-order valence-electron chi connectivity index (χ3n) is 4.10. The van der Waals surface area contributed by atoms with E-state index < -0.39 is 17.4 Å². The van der Waals surface area contributed by atoms with Crippen LogP contribution in [0.25, 0.3) is 0 Å². The van der Waals surface area contributed by atoms with Crippen molar-refractivity contribution < 1.29 is 14.7 Å². The number of carbonyl (C=O) groups is 2. The van der Waals surface area contributed by atoms with Crippen molar-refractivity contribution in [3.8, 4) is 0 Å². The van der Waals surface area contributed by atoms with Crippen LogP contribution in [0, 0.1) is 0 Å². The highest BCUT2D eigenvalue weighted by atomic mass is 16.4.